The average Bonchev–Trinajstić information content (AvgIpc) is 2.85. The number of rotatable bonds is 6. The van der Waals surface area contributed by atoms with Crippen LogP contribution in [0.25, 0.3) is 0 Å². The number of hydrogen-bond acceptors (Lipinski definition) is 3. The maximum Gasteiger partial charge on any atom is 0.326 e. The van der Waals surface area contributed by atoms with Gasteiger partial charge in [-0.3, -0.25) is 0 Å². The van der Waals surface area contributed by atoms with Gasteiger partial charge in [-0.25, -0.2) is 27.7 Å². The van der Waals surface area contributed by atoms with Gasteiger partial charge in [0, 0.05) is 13.1 Å². The summed E-state index contributed by atoms with van der Waals surface area (Å²) >= 11 is 0. The largest absolute Gasteiger partial charge is 0.338 e. The summed E-state index contributed by atoms with van der Waals surface area (Å²) in [6.07, 6.45) is 2.72. The number of carbonyl (C=O) groups is 2. The van der Waals surface area contributed by atoms with Crippen molar-refractivity contribution in [3.05, 3.63) is 71.0 Å². The number of urea groups is 2. The van der Waals surface area contributed by atoms with Gasteiger partial charge in [-0.15, -0.1) is 0 Å². The van der Waals surface area contributed by atoms with Crippen LogP contribution in [0.1, 0.15) is 49.3 Å². The molecule has 2 aliphatic heterocycles. The highest BCUT2D eigenvalue weighted by atomic mass is 19.2. The van der Waals surface area contributed by atoms with Crippen LogP contribution in [0.15, 0.2) is 42.5 Å². The second-order valence-electron chi connectivity index (χ2n) is 9.40. The summed E-state index contributed by atoms with van der Waals surface area (Å²) in [6, 6.07) is 8.39. The molecule has 0 spiro atoms. The van der Waals surface area contributed by atoms with E-state index in [1.54, 1.807) is 0 Å². The molecular formula is C26H31F3N4O2. The molecule has 4 rings (SSSR count). The van der Waals surface area contributed by atoms with E-state index < -0.39 is 29.7 Å². The monoisotopic (exact) mass is 488 g/mol. The van der Waals surface area contributed by atoms with Crippen molar-refractivity contribution in [2.45, 2.75) is 38.1 Å². The molecule has 0 bridgehead atoms. The van der Waals surface area contributed by atoms with Crippen molar-refractivity contribution < 1.29 is 22.8 Å². The highest BCUT2D eigenvalue weighted by Gasteiger charge is 2.38. The van der Waals surface area contributed by atoms with Crippen LogP contribution in [0.4, 0.5) is 22.8 Å². The number of carbonyl (C=O) groups excluding carboxylic acids is 2. The SMILES string of the molecule is C[C@@H]1CNC(=O)N(C(=O)NCCCN2CCC(c3ccc(F)cc3)CC2)[C@H]1c1ccc(F)c(F)c1. The second-order valence-corrected chi connectivity index (χ2v) is 9.40. The number of amides is 4. The first-order valence-electron chi connectivity index (χ1n) is 12.1. The number of nitrogens with zero attached hydrogens (tertiary/aromatic N) is 2. The van der Waals surface area contributed by atoms with Gasteiger partial charge in [-0.1, -0.05) is 25.1 Å². The Labute approximate surface area is 203 Å². The van der Waals surface area contributed by atoms with Gasteiger partial charge >= 0.3 is 12.1 Å². The highest BCUT2D eigenvalue weighted by molar-refractivity contribution is 5.94. The standard InChI is InChI=1S/C26H31F3N4O2/c1-17-16-31-26(35)33(24(17)20-5-8-22(28)23(29)15-20)25(34)30-11-2-12-32-13-9-19(10-14-32)18-3-6-21(27)7-4-18/h3-8,15,17,19,24H,2,9-14,16H2,1H3,(H,30,34)(H,31,35)/t17-,24-/m1/s1. The molecule has 2 aromatic rings. The first-order valence-corrected chi connectivity index (χ1v) is 12.1. The Balaban J connectivity index is 1.27. The summed E-state index contributed by atoms with van der Waals surface area (Å²) in [7, 11) is 0. The minimum atomic E-state index is -1.01. The molecule has 2 atom stereocenters. The molecule has 2 fully saturated rings. The van der Waals surface area contributed by atoms with E-state index in [9.17, 15) is 22.8 Å². The number of likely N-dealkylation sites (tertiary alicyclic amines) is 1. The van der Waals surface area contributed by atoms with Crippen LogP contribution in [-0.4, -0.2) is 54.6 Å². The van der Waals surface area contributed by atoms with E-state index in [2.05, 4.69) is 15.5 Å². The highest BCUT2D eigenvalue weighted by Crippen LogP contribution is 2.32. The van der Waals surface area contributed by atoms with Crippen molar-refractivity contribution in [2.24, 2.45) is 5.92 Å². The molecule has 9 heteroatoms. The van der Waals surface area contributed by atoms with Gasteiger partial charge in [0.25, 0.3) is 0 Å². The molecule has 2 N–H and O–H groups in total. The van der Waals surface area contributed by atoms with E-state index in [1.807, 2.05) is 19.1 Å². The topological polar surface area (TPSA) is 64.7 Å². The van der Waals surface area contributed by atoms with Gasteiger partial charge < -0.3 is 15.5 Å². The number of piperidine rings is 1. The van der Waals surface area contributed by atoms with Gasteiger partial charge in [0.2, 0.25) is 0 Å². The molecule has 0 unspecified atom stereocenters. The molecule has 35 heavy (non-hydrogen) atoms. The summed E-state index contributed by atoms with van der Waals surface area (Å²) in [4.78, 5) is 28.8. The zero-order valence-electron chi connectivity index (χ0n) is 19.8. The van der Waals surface area contributed by atoms with E-state index >= 15 is 0 Å². The first kappa shape index (κ1) is 25.0. The lowest BCUT2D eigenvalue weighted by molar-refractivity contribution is 0.134. The minimum Gasteiger partial charge on any atom is -0.338 e. The van der Waals surface area contributed by atoms with Crippen molar-refractivity contribution in [2.75, 3.05) is 32.7 Å². The van der Waals surface area contributed by atoms with Gasteiger partial charge in [0.05, 0.1) is 6.04 Å². The van der Waals surface area contributed by atoms with Crippen molar-refractivity contribution >= 4 is 12.1 Å². The predicted octanol–water partition coefficient (Wildman–Crippen LogP) is 4.79. The Kier molecular flexibility index (Phi) is 7.95. The van der Waals surface area contributed by atoms with Crippen LogP contribution in [0.5, 0.6) is 0 Å². The zero-order chi connectivity index (χ0) is 24.9. The van der Waals surface area contributed by atoms with Crippen LogP contribution in [-0.2, 0) is 0 Å². The minimum absolute atomic E-state index is 0.175. The van der Waals surface area contributed by atoms with Gasteiger partial charge in [0.15, 0.2) is 11.6 Å². The van der Waals surface area contributed by atoms with Crippen LogP contribution in [0.3, 0.4) is 0 Å². The quantitative estimate of drug-likeness (QED) is 0.575. The van der Waals surface area contributed by atoms with Crippen LogP contribution < -0.4 is 10.6 Å². The summed E-state index contributed by atoms with van der Waals surface area (Å²) in [6.45, 7) is 5.24. The fourth-order valence-electron chi connectivity index (χ4n) is 5.03. The van der Waals surface area contributed by atoms with E-state index in [4.69, 9.17) is 0 Å². The van der Waals surface area contributed by atoms with Crippen molar-refractivity contribution in [1.82, 2.24) is 20.4 Å². The molecule has 0 aliphatic carbocycles. The fourth-order valence-corrected chi connectivity index (χ4v) is 5.03. The summed E-state index contributed by atoms with van der Waals surface area (Å²) in [5.41, 5.74) is 1.55. The van der Waals surface area contributed by atoms with Crippen LogP contribution in [0.2, 0.25) is 0 Å². The normalized spacial score (nSPS) is 21.6. The molecule has 0 aromatic heterocycles. The number of imide groups is 1. The Hall–Kier alpha value is -3.07. The molecular weight excluding hydrogens is 457 g/mol. The molecule has 0 saturated carbocycles. The summed E-state index contributed by atoms with van der Waals surface area (Å²) in [5, 5.41) is 5.49. The summed E-state index contributed by atoms with van der Waals surface area (Å²) < 4.78 is 40.4. The zero-order valence-corrected chi connectivity index (χ0v) is 19.8. The number of halogens is 3. The lowest BCUT2D eigenvalue weighted by Crippen LogP contribution is -2.57. The Morgan fingerprint density at radius 2 is 1.71 bits per heavy atom. The van der Waals surface area contributed by atoms with Crippen molar-refractivity contribution in [1.29, 1.82) is 0 Å². The molecule has 2 aromatic carbocycles. The van der Waals surface area contributed by atoms with Gasteiger partial charge in [-0.05, 0) is 86.1 Å². The molecule has 4 amide bonds. The van der Waals surface area contributed by atoms with Gasteiger partial charge in [-0.2, -0.15) is 0 Å². The Bertz CT molecular complexity index is 1040. The third-order valence-corrected chi connectivity index (χ3v) is 6.97. The van der Waals surface area contributed by atoms with E-state index in [0.717, 1.165) is 49.5 Å². The average molecular weight is 489 g/mol. The number of nitrogens with one attached hydrogen (secondary N) is 2. The van der Waals surface area contributed by atoms with Crippen molar-refractivity contribution in [3.63, 3.8) is 0 Å². The second kappa shape index (κ2) is 11.1. The lowest BCUT2D eigenvalue weighted by atomic mass is 9.89. The molecule has 2 aliphatic rings. The third-order valence-electron chi connectivity index (χ3n) is 6.97. The van der Waals surface area contributed by atoms with E-state index in [0.29, 0.717) is 31.0 Å². The fraction of sp³-hybridized carbons (Fsp3) is 0.462. The van der Waals surface area contributed by atoms with Crippen LogP contribution in [0, 0.1) is 23.4 Å². The summed E-state index contributed by atoms with van der Waals surface area (Å²) in [5.74, 6) is -1.95. The first-order chi connectivity index (χ1) is 16.8. The molecule has 2 heterocycles. The maximum absolute atomic E-state index is 13.8. The van der Waals surface area contributed by atoms with Gasteiger partial charge in [0.1, 0.15) is 5.82 Å². The molecule has 188 valence electrons. The Morgan fingerprint density at radius 3 is 2.40 bits per heavy atom. The van der Waals surface area contributed by atoms with Crippen LogP contribution >= 0.6 is 0 Å². The molecule has 2 saturated heterocycles. The molecule has 6 nitrogen and oxygen atoms in total. The van der Waals surface area contributed by atoms with Crippen molar-refractivity contribution in [3.8, 4) is 0 Å². The van der Waals surface area contributed by atoms with E-state index in [-0.39, 0.29) is 11.7 Å². The number of benzene rings is 2. The predicted molar refractivity (Wildman–Crippen MR) is 126 cm³/mol. The lowest BCUT2D eigenvalue weighted by Gasteiger charge is -2.39. The maximum atomic E-state index is 13.8. The molecule has 0 radical (unpaired) electrons. The third kappa shape index (κ3) is 5.96. The van der Waals surface area contributed by atoms with E-state index in [1.165, 1.54) is 23.8 Å². The number of hydrogen-bond donors (Lipinski definition) is 2. The Morgan fingerprint density at radius 1 is 1.03 bits per heavy atom. The smallest absolute Gasteiger partial charge is 0.326 e.